The first-order chi connectivity index (χ1) is 17.1. The summed E-state index contributed by atoms with van der Waals surface area (Å²) in [5.41, 5.74) is 12.2. The Hall–Kier alpha value is -4.25. The highest BCUT2D eigenvalue weighted by molar-refractivity contribution is 5.95. The van der Waals surface area contributed by atoms with Gasteiger partial charge in [0.25, 0.3) is 0 Å². The Morgan fingerprint density at radius 1 is 0.750 bits per heavy atom. The number of hydrogen-bond acceptors (Lipinski definition) is 6. The minimum atomic E-state index is -1.25. The Morgan fingerprint density at radius 3 is 1.69 bits per heavy atom. The van der Waals surface area contributed by atoms with Crippen LogP contribution in [-0.4, -0.2) is 58.9 Å². The summed E-state index contributed by atoms with van der Waals surface area (Å²) in [6.07, 6.45) is -0.253. The summed E-state index contributed by atoms with van der Waals surface area (Å²) < 4.78 is 0. The molecule has 2 rings (SSSR count). The number of carbonyl (C=O) groups is 5. The van der Waals surface area contributed by atoms with Crippen LogP contribution >= 0.6 is 0 Å². The molecule has 0 bridgehead atoms. The first-order valence-corrected chi connectivity index (χ1v) is 11.3. The average Bonchev–Trinajstić information content (AvgIpc) is 2.83. The number of aliphatic carboxylic acids is 1. The second-order valence-electron chi connectivity index (χ2n) is 8.35. The van der Waals surface area contributed by atoms with Crippen LogP contribution in [0.1, 0.15) is 24.5 Å². The van der Waals surface area contributed by atoms with Crippen molar-refractivity contribution in [3.05, 3.63) is 71.8 Å². The van der Waals surface area contributed by atoms with Gasteiger partial charge in [0.15, 0.2) is 0 Å². The number of rotatable bonds is 13. The summed E-state index contributed by atoms with van der Waals surface area (Å²) in [5.74, 6) is -4.13. The maximum Gasteiger partial charge on any atom is 0.326 e. The van der Waals surface area contributed by atoms with Gasteiger partial charge in [0.05, 0.1) is 12.5 Å². The second kappa shape index (κ2) is 13.6. The van der Waals surface area contributed by atoms with Crippen LogP contribution in [0.2, 0.25) is 0 Å². The van der Waals surface area contributed by atoms with Crippen LogP contribution in [0.3, 0.4) is 0 Å². The first kappa shape index (κ1) is 28.0. The molecule has 192 valence electrons. The zero-order chi connectivity index (χ0) is 26.7. The molecule has 0 fully saturated rings. The summed E-state index contributed by atoms with van der Waals surface area (Å²) in [7, 11) is 0. The third-order valence-electron chi connectivity index (χ3n) is 5.32. The van der Waals surface area contributed by atoms with Crippen molar-refractivity contribution in [2.45, 2.75) is 50.4 Å². The van der Waals surface area contributed by atoms with Crippen LogP contribution < -0.4 is 27.4 Å². The molecule has 11 nitrogen and oxygen atoms in total. The van der Waals surface area contributed by atoms with Crippen LogP contribution in [0.25, 0.3) is 0 Å². The number of amides is 4. The highest BCUT2D eigenvalue weighted by Crippen LogP contribution is 2.06. The molecule has 4 atom stereocenters. The molecule has 0 spiro atoms. The van der Waals surface area contributed by atoms with E-state index >= 15 is 0 Å². The molecular formula is C25H31N5O6. The molecule has 0 radical (unpaired) electrons. The van der Waals surface area contributed by atoms with E-state index in [0.717, 1.165) is 11.1 Å². The Bertz CT molecular complexity index is 1060. The molecule has 36 heavy (non-hydrogen) atoms. The standard InChI is InChI=1S/C25H31N5O6/c1-15(22(32)30-20(25(35)36)13-17-10-6-3-7-11-17)28-24(34)19(12-16-8-4-2-5-9-16)29-23(33)18(26)14-21(27)31/h2-11,15,18-20H,12-14,26H2,1H3,(H2,27,31)(H,28,34)(H,29,33)(H,30,32)(H,35,36). The molecule has 0 aromatic heterocycles. The zero-order valence-corrected chi connectivity index (χ0v) is 19.8. The molecule has 0 aliphatic heterocycles. The fraction of sp³-hybridized carbons (Fsp3) is 0.320. The predicted molar refractivity (Wildman–Crippen MR) is 131 cm³/mol. The van der Waals surface area contributed by atoms with Gasteiger partial charge < -0.3 is 32.5 Å². The van der Waals surface area contributed by atoms with Gasteiger partial charge in [-0.3, -0.25) is 19.2 Å². The highest BCUT2D eigenvalue weighted by Gasteiger charge is 2.29. The van der Waals surface area contributed by atoms with Gasteiger partial charge in [0, 0.05) is 12.8 Å². The first-order valence-electron chi connectivity index (χ1n) is 11.3. The molecule has 0 aliphatic carbocycles. The van der Waals surface area contributed by atoms with E-state index < -0.39 is 60.2 Å². The van der Waals surface area contributed by atoms with Crippen LogP contribution in [0.4, 0.5) is 0 Å². The normalized spacial score (nSPS) is 13.9. The smallest absolute Gasteiger partial charge is 0.326 e. The van der Waals surface area contributed by atoms with Crippen LogP contribution in [0.15, 0.2) is 60.7 Å². The van der Waals surface area contributed by atoms with Crippen molar-refractivity contribution < 1.29 is 29.1 Å². The fourth-order valence-corrected chi connectivity index (χ4v) is 3.37. The third-order valence-corrected chi connectivity index (χ3v) is 5.32. The Labute approximate surface area is 208 Å². The Kier molecular flexibility index (Phi) is 10.6. The summed E-state index contributed by atoms with van der Waals surface area (Å²) in [4.78, 5) is 60.9. The monoisotopic (exact) mass is 497 g/mol. The summed E-state index contributed by atoms with van der Waals surface area (Å²) in [6.45, 7) is 1.40. The maximum absolute atomic E-state index is 13.0. The van der Waals surface area contributed by atoms with E-state index in [4.69, 9.17) is 11.5 Å². The van der Waals surface area contributed by atoms with E-state index in [0.29, 0.717) is 0 Å². The van der Waals surface area contributed by atoms with E-state index in [2.05, 4.69) is 16.0 Å². The minimum Gasteiger partial charge on any atom is -0.480 e. The van der Waals surface area contributed by atoms with Crippen molar-refractivity contribution in [1.29, 1.82) is 0 Å². The van der Waals surface area contributed by atoms with Gasteiger partial charge in [-0.2, -0.15) is 0 Å². The van der Waals surface area contributed by atoms with Crippen molar-refractivity contribution in [2.24, 2.45) is 11.5 Å². The van der Waals surface area contributed by atoms with E-state index in [1.165, 1.54) is 6.92 Å². The molecular weight excluding hydrogens is 466 g/mol. The van der Waals surface area contributed by atoms with Crippen molar-refractivity contribution in [1.82, 2.24) is 16.0 Å². The number of nitrogens with one attached hydrogen (secondary N) is 3. The quantitative estimate of drug-likeness (QED) is 0.209. The molecule has 0 saturated carbocycles. The van der Waals surface area contributed by atoms with Crippen LogP contribution in [0.5, 0.6) is 0 Å². The molecule has 11 heteroatoms. The lowest BCUT2D eigenvalue weighted by atomic mass is 10.0. The Morgan fingerprint density at radius 2 is 1.22 bits per heavy atom. The molecule has 8 N–H and O–H groups in total. The van der Waals surface area contributed by atoms with Crippen molar-refractivity contribution in [2.75, 3.05) is 0 Å². The van der Waals surface area contributed by atoms with Crippen LogP contribution in [0, 0.1) is 0 Å². The van der Waals surface area contributed by atoms with Crippen molar-refractivity contribution in [3.8, 4) is 0 Å². The largest absolute Gasteiger partial charge is 0.480 e. The van der Waals surface area contributed by atoms with E-state index in [-0.39, 0.29) is 12.8 Å². The van der Waals surface area contributed by atoms with E-state index in [9.17, 15) is 29.1 Å². The lowest BCUT2D eigenvalue weighted by Crippen LogP contribution is -2.57. The number of primary amides is 1. The maximum atomic E-state index is 13.0. The van der Waals surface area contributed by atoms with Gasteiger partial charge in [-0.25, -0.2) is 4.79 Å². The number of hydrogen-bond donors (Lipinski definition) is 6. The highest BCUT2D eigenvalue weighted by atomic mass is 16.4. The van der Waals surface area contributed by atoms with Gasteiger partial charge in [0.2, 0.25) is 23.6 Å². The molecule has 4 amide bonds. The number of carboxylic acid groups (broad SMARTS) is 1. The summed E-state index contributed by atoms with van der Waals surface area (Å²) in [6, 6.07) is 13.0. The lowest BCUT2D eigenvalue weighted by Gasteiger charge is -2.23. The van der Waals surface area contributed by atoms with Gasteiger partial charge >= 0.3 is 5.97 Å². The predicted octanol–water partition coefficient (Wildman–Crippen LogP) is -0.767. The number of benzene rings is 2. The molecule has 2 aromatic carbocycles. The second-order valence-corrected chi connectivity index (χ2v) is 8.35. The minimum absolute atomic E-state index is 0.0625. The third kappa shape index (κ3) is 9.18. The molecule has 0 aliphatic rings. The number of carboxylic acids is 1. The molecule has 0 saturated heterocycles. The topological polar surface area (TPSA) is 194 Å². The van der Waals surface area contributed by atoms with E-state index in [1.807, 2.05) is 0 Å². The zero-order valence-electron chi connectivity index (χ0n) is 19.8. The van der Waals surface area contributed by atoms with Crippen molar-refractivity contribution >= 4 is 29.6 Å². The molecule has 2 aromatic rings. The summed E-state index contributed by atoms with van der Waals surface area (Å²) in [5, 5.41) is 16.9. The SMILES string of the molecule is CC(NC(=O)C(Cc1ccccc1)NC(=O)C(N)CC(N)=O)C(=O)NC(Cc1ccccc1)C(=O)O. The number of nitrogens with two attached hydrogens (primary N) is 2. The molecule has 0 heterocycles. The van der Waals surface area contributed by atoms with E-state index in [1.54, 1.807) is 60.7 Å². The molecule has 4 unspecified atom stereocenters. The van der Waals surface area contributed by atoms with Gasteiger partial charge in [-0.15, -0.1) is 0 Å². The van der Waals surface area contributed by atoms with Gasteiger partial charge in [-0.05, 0) is 18.1 Å². The van der Waals surface area contributed by atoms with Gasteiger partial charge in [0.1, 0.15) is 18.1 Å². The summed E-state index contributed by atoms with van der Waals surface area (Å²) >= 11 is 0. The average molecular weight is 498 g/mol. The lowest BCUT2D eigenvalue weighted by molar-refractivity contribution is -0.142. The van der Waals surface area contributed by atoms with Gasteiger partial charge in [-0.1, -0.05) is 60.7 Å². The number of carbonyl (C=O) groups excluding carboxylic acids is 4. The Balaban J connectivity index is 2.07. The fourth-order valence-electron chi connectivity index (χ4n) is 3.37. The van der Waals surface area contributed by atoms with Crippen molar-refractivity contribution in [3.63, 3.8) is 0 Å². The van der Waals surface area contributed by atoms with Crippen LogP contribution in [-0.2, 0) is 36.8 Å².